The van der Waals surface area contributed by atoms with Gasteiger partial charge in [0.05, 0.1) is 42.7 Å². The molecule has 0 aliphatic heterocycles. The van der Waals surface area contributed by atoms with E-state index in [1.807, 2.05) is 0 Å². The van der Waals surface area contributed by atoms with E-state index >= 15 is 0 Å². The third-order valence-corrected chi connectivity index (χ3v) is 8.40. The van der Waals surface area contributed by atoms with E-state index in [4.69, 9.17) is 5.73 Å². The van der Waals surface area contributed by atoms with Crippen LogP contribution in [0.25, 0.3) is 33.8 Å². The van der Waals surface area contributed by atoms with Crippen molar-refractivity contribution in [1.82, 2.24) is 38.7 Å². The van der Waals surface area contributed by atoms with Crippen molar-refractivity contribution in [1.29, 1.82) is 0 Å². The van der Waals surface area contributed by atoms with Crippen LogP contribution in [0.4, 0.5) is 32.2 Å². The minimum atomic E-state index is -0.820. The minimum Gasteiger partial charge on any atom is -0.464 e. The van der Waals surface area contributed by atoms with Crippen LogP contribution < -0.4 is 5.73 Å². The van der Waals surface area contributed by atoms with Crippen LogP contribution in [0.1, 0.15) is 31.3 Å². The van der Waals surface area contributed by atoms with E-state index in [1.165, 1.54) is 61.6 Å². The van der Waals surface area contributed by atoms with E-state index in [-0.39, 0.29) is 50.6 Å². The predicted octanol–water partition coefficient (Wildman–Crippen LogP) is 7.52. The molecule has 0 aliphatic rings. The van der Waals surface area contributed by atoms with Crippen LogP contribution in [0.5, 0.6) is 0 Å². The van der Waals surface area contributed by atoms with E-state index in [1.54, 1.807) is 35.4 Å². The van der Waals surface area contributed by atoms with Crippen molar-refractivity contribution < 1.29 is 50.2 Å². The Bertz CT molecular complexity index is 2830. The number of carbonyl (C=O) groups excluding carboxylic acids is 3. The number of alkyl halides is 1. The second-order valence-electron chi connectivity index (χ2n) is 11.8. The van der Waals surface area contributed by atoms with Gasteiger partial charge in [-0.05, 0) is 36.4 Å². The van der Waals surface area contributed by atoms with Gasteiger partial charge in [-0.2, -0.15) is 0 Å². The summed E-state index contributed by atoms with van der Waals surface area (Å²) >= 11 is 2.89. The Morgan fingerprint density at radius 3 is 1.74 bits per heavy atom. The van der Waals surface area contributed by atoms with Gasteiger partial charge in [0.2, 0.25) is 0 Å². The maximum Gasteiger partial charge on any atom is 0.360 e. The summed E-state index contributed by atoms with van der Waals surface area (Å²) in [4.78, 5) is 57.0. The number of Topliss-reactive ketones (excluding diaryl/α,β-unsaturated/α-hetero) is 1. The minimum absolute atomic E-state index is 0.0220. The summed E-state index contributed by atoms with van der Waals surface area (Å²) in [6.07, 6.45) is 13.9. The Balaban J connectivity index is 0.000000159. The lowest BCUT2D eigenvalue weighted by Gasteiger charge is -1.99. The summed E-state index contributed by atoms with van der Waals surface area (Å²) in [5, 5.41) is 0.0373. The number of halogens is 7. The van der Waals surface area contributed by atoms with Gasteiger partial charge in [-0.1, -0.05) is 15.9 Å². The van der Waals surface area contributed by atoms with E-state index in [2.05, 4.69) is 55.3 Å². The van der Waals surface area contributed by atoms with Gasteiger partial charge in [-0.25, -0.2) is 60.9 Å². The lowest BCUT2D eigenvalue weighted by atomic mass is 10.1. The largest absolute Gasteiger partial charge is 0.464 e. The molecule has 14 nitrogen and oxygen atoms in total. The van der Waals surface area contributed by atoms with Crippen LogP contribution in [-0.4, -0.2) is 76.0 Å². The SMILES string of the molecule is COC(=O)c1nccn2cc(-c3ccc(F)cc3F)nc12.COC(=O)c1nccnc1N.Fc1ccc(-c2cn3ccncc3n2)c(F)c1.O=C(CBr)c1ccc(F)cc1F. The van der Waals surface area contributed by atoms with Gasteiger partial charge in [0.15, 0.2) is 34.3 Å². The second-order valence-corrected chi connectivity index (χ2v) is 12.4. The van der Waals surface area contributed by atoms with Gasteiger partial charge >= 0.3 is 11.9 Å². The maximum absolute atomic E-state index is 13.8. The van der Waals surface area contributed by atoms with Gasteiger partial charge < -0.3 is 24.0 Å². The third kappa shape index (κ3) is 11.1. The monoisotopic (exact) mass is 907 g/mol. The van der Waals surface area contributed by atoms with Crippen molar-refractivity contribution in [2.75, 3.05) is 25.3 Å². The Labute approximate surface area is 348 Å². The van der Waals surface area contributed by atoms with Gasteiger partial charge in [-0.3, -0.25) is 9.78 Å². The summed E-state index contributed by atoms with van der Waals surface area (Å²) in [6.45, 7) is 0. The van der Waals surface area contributed by atoms with Crippen LogP contribution in [0.15, 0.2) is 110 Å². The summed E-state index contributed by atoms with van der Waals surface area (Å²) in [7, 11) is 2.49. The van der Waals surface area contributed by atoms with Crippen LogP contribution >= 0.6 is 15.9 Å². The molecule has 2 N–H and O–H groups in total. The molecule has 0 saturated heterocycles. The molecule has 21 heteroatoms. The van der Waals surface area contributed by atoms with E-state index in [0.29, 0.717) is 17.4 Å². The van der Waals surface area contributed by atoms with Crippen molar-refractivity contribution >= 4 is 50.8 Å². The molecule has 0 bridgehead atoms. The third-order valence-electron chi connectivity index (χ3n) is 7.89. The highest BCUT2D eigenvalue weighted by molar-refractivity contribution is 9.09. The molecule has 5 heterocycles. The van der Waals surface area contributed by atoms with Crippen molar-refractivity contribution in [2.45, 2.75) is 0 Å². The lowest BCUT2D eigenvalue weighted by Crippen LogP contribution is -2.09. The standard InChI is InChI=1S/C14H9F2N3O2.C12H7F2N3.C8H5BrF2O.C6H7N3O2/c1-21-14(20)12-13-18-11(7-19(13)5-4-17-12)9-3-2-8(15)6-10(9)16;13-8-1-2-9(10(14)5-8)11-7-17-4-3-15-6-12(17)16-11;9-4-8(12)6-2-1-5(10)3-7(6)11;1-11-6(10)4-5(7)9-3-2-8-4/h2-7H,1H3;1-7H;1-3H,4H2;2-3H,1H3,(H2,7,9). The Morgan fingerprint density at radius 1 is 0.656 bits per heavy atom. The number of rotatable bonds is 6. The number of nitrogens with zero attached hydrogens (tertiary/aromatic N) is 8. The molecule has 61 heavy (non-hydrogen) atoms. The molecule has 0 unspecified atom stereocenters. The number of methoxy groups -OCH3 is 2. The molecule has 312 valence electrons. The molecule has 0 amide bonds. The predicted molar refractivity (Wildman–Crippen MR) is 210 cm³/mol. The molecule has 0 aliphatic carbocycles. The molecule has 0 saturated carbocycles. The zero-order valence-electron chi connectivity index (χ0n) is 31.4. The number of fused-ring (bicyclic) bond motifs is 2. The fourth-order valence-corrected chi connectivity index (χ4v) is 5.35. The van der Waals surface area contributed by atoms with Crippen LogP contribution in [0, 0.1) is 34.9 Å². The number of carbonyl (C=O) groups is 3. The number of esters is 2. The molecule has 5 aromatic heterocycles. The first-order valence-electron chi connectivity index (χ1n) is 17.0. The second kappa shape index (κ2) is 20.4. The van der Waals surface area contributed by atoms with Crippen LogP contribution in [-0.2, 0) is 9.47 Å². The highest BCUT2D eigenvalue weighted by atomic mass is 79.9. The van der Waals surface area contributed by atoms with E-state index in [9.17, 15) is 40.7 Å². The van der Waals surface area contributed by atoms with Gasteiger partial charge in [0, 0.05) is 78.9 Å². The maximum atomic E-state index is 13.8. The van der Waals surface area contributed by atoms with Crippen molar-refractivity contribution in [2.24, 2.45) is 0 Å². The Morgan fingerprint density at radius 2 is 1.18 bits per heavy atom. The smallest absolute Gasteiger partial charge is 0.360 e. The number of hydrogen-bond acceptors (Lipinski definition) is 12. The number of hydrogen-bond donors (Lipinski definition) is 1. The summed E-state index contributed by atoms with van der Waals surface area (Å²) in [5.41, 5.74) is 7.29. The number of ether oxygens (including phenoxy) is 2. The summed E-state index contributed by atoms with van der Waals surface area (Å²) in [5.74, 6) is -5.65. The van der Waals surface area contributed by atoms with Gasteiger partial charge in [0.1, 0.15) is 34.9 Å². The topological polar surface area (TPSA) is 182 Å². The average molecular weight is 909 g/mol. The van der Waals surface area contributed by atoms with Crippen molar-refractivity contribution in [3.05, 3.63) is 162 Å². The quantitative estimate of drug-likeness (QED) is 0.0751. The van der Waals surface area contributed by atoms with Crippen molar-refractivity contribution in [3.63, 3.8) is 0 Å². The van der Waals surface area contributed by atoms with Gasteiger partial charge in [-0.15, -0.1) is 0 Å². The zero-order valence-corrected chi connectivity index (χ0v) is 33.0. The number of ketones is 1. The Kier molecular flexibility index (Phi) is 14.9. The highest BCUT2D eigenvalue weighted by Crippen LogP contribution is 2.25. The fourth-order valence-electron chi connectivity index (χ4n) is 5.05. The number of aromatic nitrogens is 8. The number of nitrogen functional groups attached to an aromatic ring is 1. The highest BCUT2D eigenvalue weighted by Gasteiger charge is 2.18. The molecule has 0 radical (unpaired) electrons. The van der Waals surface area contributed by atoms with Crippen molar-refractivity contribution in [3.8, 4) is 22.5 Å². The first-order valence-corrected chi connectivity index (χ1v) is 18.2. The molecule has 3 aromatic carbocycles. The van der Waals surface area contributed by atoms with E-state index < -0.39 is 52.6 Å². The molecule has 0 fully saturated rings. The first-order chi connectivity index (χ1) is 29.2. The fraction of sp³-hybridized carbons (Fsp3) is 0.0750. The zero-order chi connectivity index (χ0) is 44.2. The first kappa shape index (κ1) is 44.6. The molecule has 8 rings (SSSR count). The summed E-state index contributed by atoms with van der Waals surface area (Å²) in [6, 6.07) is 9.51. The van der Waals surface area contributed by atoms with Crippen LogP contribution in [0.3, 0.4) is 0 Å². The average Bonchev–Trinajstić information content (AvgIpc) is 3.89. The number of imidazole rings is 2. The molecule has 8 aromatic rings. The van der Waals surface area contributed by atoms with E-state index in [0.717, 1.165) is 30.3 Å². The Hall–Kier alpha value is -7.55. The number of nitrogens with two attached hydrogens (primary N) is 1. The normalized spacial score (nSPS) is 10.4. The molecule has 0 spiro atoms. The molecule has 0 atom stereocenters. The van der Waals surface area contributed by atoms with Crippen LogP contribution in [0.2, 0.25) is 0 Å². The lowest BCUT2D eigenvalue weighted by molar-refractivity contribution is 0.0586. The molecular formula is C40H28BrF6N9O5. The summed E-state index contributed by atoms with van der Waals surface area (Å²) < 4.78 is 90.5. The number of anilines is 1. The number of benzene rings is 3. The van der Waals surface area contributed by atoms with Gasteiger partial charge in [0.25, 0.3) is 0 Å². The molecular weight excluding hydrogens is 880 g/mol.